The molecular weight excluding hydrogens is 136 g/mol. The van der Waals surface area contributed by atoms with Gasteiger partial charge in [0.2, 0.25) is 0 Å². The van der Waals surface area contributed by atoms with Crippen LogP contribution in [0.25, 0.3) is 0 Å². The van der Waals surface area contributed by atoms with Gasteiger partial charge in [0.05, 0.1) is 0 Å². The fourth-order valence-corrected chi connectivity index (χ4v) is 0.992. The molecule has 9 heavy (non-hydrogen) atoms. The average Bonchev–Trinajstić information content (AvgIpc) is 2.14. The summed E-state index contributed by atoms with van der Waals surface area (Å²) in [6.07, 6.45) is 3.06. The zero-order valence-electron chi connectivity index (χ0n) is 5.09. The second-order valence-electron chi connectivity index (χ2n) is 1.70. The molecule has 0 bridgehead atoms. The van der Waals surface area contributed by atoms with Gasteiger partial charge in [0.25, 0.3) is 0 Å². The summed E-state index contributed by atoms with van der Waals surface area (Å²) in [6.45, 7) is 3.52. The van der Waals surface area contributed by atoms with E-state index in [1.54, 1.807) is 12.3 Å². The van der Waals surface area contributed by atoms with Gasteiger partial charge in [-0.15, -0.1) is 0 Å². The Kier molecular flexibility index (Phi) is 1.83. The van der Waals surface area contributed by atoms with E-state index in [4.69, 9.17) is 4.42 Å². The largest absolute Gasteiger partial charge is 0.612 e. The lowest BCUT2D eigenvalue weighted by Crippen LogP contribution is -1.93. The van der Waals surface area contributed by atoms with Crippen LogP contribution >= 0.6 is 0 Å². The maximum atomic E-state index is 10.7. The molecule has 2 nitrogen and oxygen atoms in total. The zero-order chi connectivity index (χ0) is 6.85. The van der Waals surface area contributed by atoms with Crippen molar-refractivity contribution in [1.29, 1.82) is 0 Å². The molecule has 1 rings (SSSR count). The molecule has 0 spiro atoms. The highest BCUT2D eigenvalue weighted by molar-refractivity contribution is 7.90. The van der Waals surface area contributed by atoms with Gasteiger partial charge in [-0.3, -0.25) is 0 Å². The monoisotopic (exact) mass is 143 g/mol. The van der Waals surface area contributed by atoms with E-state index < -0.39 is 11.2 Å². The molecule has 1 aromatic heterocycles. The molecule has 0 aromatic carbocycles. The van der Waals surface area contributed by atoms with E-state index in [1.165, 1.54) is 6.26 Å². The lowest BCUT2D eigenvalue weighted by molar-refractivity contribution is 0.541. The standard InChI is InChI=1S/C6H7O2S/c1-5-3-6(4-8-5)9(2)7/h3-4H,1H2,2H3. The summed E-state index contributed by atoms with van der Waals surface area (Å²) in [5.74, 6) is 0.556. The van der Waals surface area contributed by atoms with Crippen molar-refractivity contribution in [2.24, 2.45) is 0 Å². The number of hydrogen-bond donors (Lipinski definition) is 0. The molecule has 0 aliphatic carbocycles. The molecule has 0 saturated heterocycles. The highest BCUT2D eigenvalue weighted by Gasteiger charge is 2.05. The molecule has 0 aliphatic rings. The Morgan fingerprint density at radius 2 is 2.44 bits per heavy atom. The molecule has 0 fully saturated rings. The van der Waals surface area contributed by atoms with E-state index in [0.29, 0.717) is 10.7 Å². The van der Waals surface area contributed by atoms with Crippen molar-refractivity contribution >= 4 is 11.2 Å². The quantitative estimate of drug-likeness (QED) is 0.554. The van der Waals surface area contributed by atoms with Crippen LogP contribution in [0.5, 0.6) is 0 Å². The van der Waals surface area contributed by atoms with Gasteiger partial charge in [-0.05, 0) is 11.2 Å². The summed E-state index contributed by atoms with van der Waals surface area (Å²) in [6, 6.07) is 1.66. The molecule has 1 radical (unpaired) electrons. The van der Waals surface area contributed by atoms with E-state index in [9.17, 15) is 4.55 Å². The topological polar surface area (TPSA) is 36.2 Å². The third-order valence-corrected chi connectivity index (χ3v) is 1.84. The Labute approximate surface area is 57.1 Å². The number of rotatable bonds is 1. The molecule has 1 unspecified atom stereocenters. The Morgan fingerprint density at radius 1 is 1.78 bits per heavy atom. The van der Waals surface area contributed by atoms with E-state index in [-0.39, 0.29) is 0 Å². The van der Waals surface area contributed by atoms with Gasteiger partial charge in [0.1, 0.15) is 18.3 Å². The number of furan rings is 1. The fraction of sp³-hybridized carbons (Fsp3) is 0.167. The van der Waals surface area contributed by atoms with Gasteiger partial charge in [-0.25, -0.2) is 0 Å². The van der Waals surface area contributed by atoms with Gasteiger partial charge >= 0.3 is 0 Å². The van der Waals surface area contributed by atoms with Crippen LogP contribution in [0, 0.1) is 6.92 Å². The molecular formula is C6H7O2S. The van der Waals surface area contributed by atoms with Gasteiger partial charge in [-0.2, -0.15) is 0 Å². The van der Waals surface area contributed by atoms with Crippen molar-refractivity contribution < 1.29 is 8.97 Å². The average molecular weight is 143 g/mol. The molecule has 0 N–H and O–H groups in total. The van der Waals surface area contributed by atoms with Gasteiger partial charge < -0.3 is 8.97 Å². The van der Waals surface area contributed by atoms with Crippen LogP contribution in [-0.4, -0.2) is 10.8 Å². The first-order valence-corrected chi connectivity index (χ1v) is 4.00. The van der Waals surface area contributed by atoms with Crippen LogP contribution in [0.2, 0.25) is 0 Å². The van der Waals surface area contributed by atoms with E-state index in [0.717, 1.165) is 0 Å². The summed E-state index contributed by atoms with van der Waals surface area (Å²) in [7, 11) is 0. The van der Waals surface area contributed by atoms with Crippen LogP contribution in [0.3, 0.4) is 0 Å². The van der Waals surface area contributed by atoms with Gasteiger partial charge in [0.15, 0.2) is 4.90 Å². The third kappa shape index (κ3) is 1.50. The maximum Gasteiger partial charge on any atom is 0.190 e. The molecule has 1 aromatic rings. The maximum absolute atomic E-state index is 10.7. The second-order valence-corrected chi connectivity index (χ2v) is 3.08. The van der Waals surface area contributed by atoms with Crippen LogP contribution in [0.1, 0.15) is 5.76 Å². The summed E-state index contributed by atoms with van der Waals surface area (Å²) in [5.41, 5.74) is 0. The Morgan fingerprint density at radius 3 is 2.67 bits per heavy atom. The molecule has 49 valence electrons. The summed E-state index contributed by atoms with van der Waals surface area (Å²) in [4.78, 5) is 0.694. The molecule has 0 aliphatic heterocycles. The van der Waals surface area contributed by atoms with Gasteiger partial charge in [-0.1, -0.05) is 0 Å². The minimum atomic E-state index is -0.942. The Bertz CT molecular complexity index is 193. The fourth-order valence-electron chi connectivity index (χ4n) is 0.511. The molecule has 0 amide bonds. The lowest BCUT2D eigenvalue weighted by atomic mass is 10.5. The van der Waals surface area contributed by atoms with Crippen molar-refractivity contribution in [2.45, 2.75) is 4.90 Å². The number of hydrogen-bond acceptors (Lipinski definition) is 2. The van der Waals surface area contributed by atoms with Crippen LogP contribution in [-0.2, 0) is 11.2 Å². The van der Waals surface area contributed by atoms with Gasteiger partial charge in [0, 0.05) is 13.0 Å². The first-order chi connectivity index (χ1) is 4.20. The normalized spacial score (nSPS) is 13.7. The van der Waals surface area contributed by atoms with Crippen molar-refractivity contribution in [3.63, 3.8) is 0 Å². The first kappa shape index (κ1) is 6.71. The summed E-state index contributed by atoms with van der Waals surface area (Å²) in [5, 5.41) is 0. The van der Waals surface area contributed by atoms with E-state index in [1.807, 2.05) is 0 Å². The smallest absolute Gasteiger partial charge is 0.190 e. The van der Waals surface area contributed by atoms with Crippen molar-refractivity contribution in [3.8, 4) is 0 Å². The van der Waals surface area contributed by atoms with E-state index in [2.05, 4.69) is 6.92 Å². The Hall–Kier alpha value is -0.410. The summed E-state index contributed by atoms with van der Waals surface area (Å²) >= 11 is -0.942. The lowest BCUT2D eigenvalue weighted by Gasteiger charge is -1.96. The molecule has 0 saturated carbocycles. The van der Waals surface area contributed by atoms with Crippen molar-refractivity contribution in [1.82, 2.24) is 0 Å². The molecule has 1 atom stereocenters. The highest BCUT2D eigenvalue weighted by Crippen LogP contribution is 2.11. The molecule has 1 heterocycles. The van der Waals surface area contributed by atoms with Crippen LogP contribution in [0.4, 0.5) is 0 Å². The van der Waals surface area contributed by atoms with Crippen LogP contribution in [0.15, 0.2) is 21.6 Å². The summed E-state index contributed by atoms with van der Waals surface area (Å²) < 4.78 is 15.5. The molecule has 3 heteroatoms. The van der Waals surface area contributed by atoms with Crippen LogP contribution < -0.4 is 0 Å². The predicted octanol–water partition coefficient (Wildman–Crippen LogP) is 1.20. The third-order valence-electron chi connectivity index (χ3n) is 0.962. The Balaban J connectivity index is 2.85. The zero-order valence-corrected chi connectivity index (χ0v) is 5.90. The van der Waals surface area contributed by atoms with Crippen molar-refractivity contribution in [2.75, 3.05) is 6.26 Å². The predicted molar refractivity (Wildman–Crippen MR) is 35.5 cm³/mol. The second kappa shape index (κ2) is 2.45. The first-order valence-electron chi connectivity index (χ1n) is 2.44. The highest BCUT2D eigenvalue weighted by atomic mass is 32.2. The van der Waals surface area contributed by atoms with E-state index >= 15 is 0 Å². The SMILES string of the molecule is [CH2]c1cc([S+](C)[O-])co1. The van der Waals surface area contributed by atoms with Crippen molar-refractivity contribution in [3.05, 3.63) is 25.0 Å². The minimum Gasteiger partial charge on any atom is -0.612 e. The minimum absolute atomic E-state index is 0.556.